The summed E-state index contributed by atoms with van der Waals surface area (Å²) in [6.45, 7) is 5.30. The summed E-state index contributed by atoms with van der Waals surface area (Å²) in [5.74, 6) is -0.842. The zero-order valence-electron chi connectivity index (χ0n) is 9.47. The van der Waals surface area contributed by atoms with Crippen molar-refractivity contribution in [3.05, 3.63) is 0 Å². The third-order valence-corrected chi connectivity index (χ3v) is 2.26. The van der Waals surface area contributed by atoms with Crippen LogP contribution >= 0.6 is 0 Å². The molecule has 0 fully saturated rings. The summed E-state index contributed by atoms with van der Waals surface area (Å²) in [7, 11) is 0. The number of amides is 1. The van der Waals surface area contributed by atoms with Gasteiger partial charge in [0.25, 0.3) is 5.91 Å². The fraction of sp³-hybridized carbons (Fsp3) is 0.900. The molecule has 0 aromatic rings. The quantitative estimate of drug-likeness (QED) is 0.473. The van der Waals surface area contributed by atoms with Crippen LogP contribution in [-0.4, -0.2) is 46.1 Å². The molecular weight excluding hydrogens is 198 g/mol. The summed E-state index contributed by atoms with van der Waals surface area (Å²) in [5, 5.41) is 30.4. The van der Waals surface area contributed by atoms with Crippen LogP contribution in [0.25, 0.3) is 0 Å². The lowest BCUT2D eigenvalue weighted by atomic mass is 10.0. The van der Waals surface area contributed by atoms with Crippen molar-refractivity contribution in [1.82, 2.24) is 5.32 Å². The third kappa shape index (κ3) is 5.11. The predicted octanol–water partition coefficient (Wildman–Crippen LogP) is -0.749. The van der Waals surface area contributed by atoms with Crippen molar-refractivity contribution in [2.24, 2.45) is 5.92 Å². The summed E-state index contributed by atoms with van der Waals surface area (Å²) in [5.41, 5.74) is 0. The molecule has 90 valence electrons. The van der Waals surface area contributed by atoms with Gasteiger partial charge in [0.15, 0.2) is 6.10 Å². The van der Waals surface area contributed by atoms with E-state index in [1.807, 2.05) is 0 Å². The number of nitrogens with one attached hydrogen (secondary N) is 1. The van der Waals surface area contributed by atoms with E-state index in [2.05, 4.69) is 5.32 Å². The second-order valence-electron chi connectivity index (χ2n) is 3.99. The van der Waals surface area contributed by atoms with Gasteiger partial charge in [0, 0.05) is 6.54 Å². The Hall–Kier alpha value is -0.650. The molecule has 3 atom stereocenters. The molecule has 0 radical (unpaired) electrons. The largest absolute Gasteiger partial charge is 0.391 e. The van der Waals surface area contributed by atoms with Crippen LogP contribution in [0.2, 0.25) is 0 Å². The highest BCUT2D eigenvalue weighted by molar-refractivity contribution is 5.81. The van der Waals surface area contributed by atoms with Crippen LogP contribution in [-0.2, 0) is 4.79 Å². The molecule has 4 N–H and O–H groups in total. The minimum absolute atomic E-state index is 0.0945. The molecule has 0 spiro atoms. The fourth-order valence-electron chi connectivity index (χ4n) is 0.987. The average molecular weight is 219 g/mol. The number of carbonyl (C=O) groups excluding carboxylic acids is 1. The van der Waals surface area contributed by atoms with Crippen molar-refractivity contribution >= 4 is 5.91 Å². The van der Waals surface area contributed by atoms with Crippen LogP contribution in [0.4, 0.5) is 0 Å². The molecule has 0 aromatic carbocycles. The molecular formula is C10H21NO4. The first-order valence-electron chi connectivity index (χ1n) is 5.22. The van der Waals surface area contributed by atoms with E-state index >= 15 is 0 Å². The minimum Gasteiger partial charge on any atom is -0.391 e. The predicted molar refractivity (Wildman–Crippen MR) is 56.2 cm³/mol. The molecule has 0 aromatic heterocycles. The minimum atomic E-state index is -1.44. The molecule has 1 amide bonds. The van der Waals surface area contributed by atoms with E-state index in [4.69, 9.17) is 0 Å². The molecule has 0 saturated carbocycles. The van der Waals surface area contributed by atoms with Gasteiger partial charge in [-0.3, -0.25) is 4.79 Å². The van der Waals surface area contributed by atoms with Crippen molar-refractivity contribution in [3.8, 4) is 0 Å². The summed E-state index contributed by atoms with van der Waals surface area (Å²) in [6.07, 6.45) is -2.60. The second kappa shape index (κ2) is 6.76. The van der Waals surface area contributed by atoms with Crippen LogP contribution < -0.4 is 5.32 Å². The number of carbonyl (C=O) groups is 1. The van der Waals surface area contributed by atoms with Crippen molar-refractivity contribution in [2.75, 3.05) is 6.54 Å². The molecule has 0 aliphatic heterocycles. The average Bonchev–Trinajstić information content (AvgIpc) is 2.22. The summed E-state index contributed by atoms with van der Waals surface area (Å²) in [4.78, 5) is 11.3. The van der Waals surface area contributed by atoms with E-state index in [0.717, 1.165) is 0 Å². The monoisotopic (exact) mass is 219 g/mol. The molecule has 0 heterocycles. The summed E-state index contributed by atoms with van der Waals surface area (Å²) >= 11 is 0. The van der Waals surface area contributed by atoms with Gasteiger partial charge in [0.2, 0.25) is 0 Å². The smallest absolute Gasteiger partial charge is 0.251 e. The topological polar surface area (TPSA) is 89.8 Å². The molecule has 0 saturated heterocycles. The highest BCUT2D eigenvalue weighted by atomic mass is 16.3. The molecule has 0 unspecified atom stereocenters. The Morgan fingerprint density at radius 3 is 2.20 bits per heavy atom. The first kappa shape index (κ1) is 14.3. The van der Waals surface area contributed by atoms with Crippen molar-refractivity contribution in [3.63, 3.8) is 0 Å². The van der Waals surface area contributed by atoms with Crippen molar-refractivity contribution in [1.29, 1.82) is 0 Å². The highest BCUT2D eigenvalue weighted by Gasteiger charge is 2.26. The Kier molecular flexibility index (Phi) is 6.47. The van der Waals surface area contributed by atoms with Crippen LogP contribution in [0.15, 0.2) is 0 Å². The van der Waals surface area contributed by atoms with Gasteiger partial charge in [-0.2, -0.15) is 0 Å². The van der Waals surface area contributed by atoms with Crippen LogP contribution in [0.1, 0.15) is 27.2 Å². The second-order valence-corrected chi connectivity index (χ2v) is 3.99. The fourth-order valence-corrected chi connectivity index (χ4v) is 0.987. The third-order valence-electron chi connectivity index (χ3n) is 2.26. The maximum Gasteiger partial charge on any atom is 0.251 e. The van der Waals surface area contributed by atoms with Crippen LogP contribution in [0.5, 0.6) is 0 Å². The SMILES string of the molecule is CC[C@@H](O)CNC(=O)[C@H](O)[C@@H](O)C(C)C. The summed E-state index contributed by atoms with van der Waals surface area (Å²) < 4.78 is 0. The first-order chi connectivity index (χ1) is 6.90. The van der Waals surface area contributed by atoms with Gasteiger partial charge in [-0.05, 0) is 12.3 Å². The van der Waals surface area contributed by atoms with E-state index in [-0.39, 0.29) is 12.5 Å². The molecule has 0 aliphatic rings. The van der Waals surface area contributed by atoms with Gasteiger partial charge in [-0.15, -0.1) is 0 Å². The number of hydrogen-bond donors (Lipinski definition) is 4. The van der Waals surface area contributed by atoms with E-state index in [1.165, 1.54) is 0 Å². The van der Waals surface area contributed by atoms with E-state index in [1.54, 1.807) is 20.8 Å². The van der Waals surface area contributed by atoms with Crippen molar-refractivity contribution < 1.29 is 20.1 Å². The number of aliphatic hydroxyl groups excluding tert-OH is 3. The maximum absolute atomic E-state index is 11.3. The Morgan fingerprint density at radius 2 is 1.80 bits per heavy atom. The standard InChI is InChI=1S/C10H21NO4/c1-4-7(12)5-11-10(15)9(14)8(13)6(2)3/h6-9,12-14H,4-5H2,1-3H3,(H,11,15)/t7-,8+,9-/m1/s1. The number of hydrogen-bond acceptors (Lipinski definition) is 4. The van der Waals surface area contributed by atoms with Gasteiger partial charge in [0.1, 0.15) is 0 Å². The molecule has 15 heavy (non-hydrogen) atoms. The van der Waals surface area contributed by atoms with E-state index in [0.29, 0.717) is 6.42 Å². The van der Waals surface area contributed by atoms with E-state index < -0.39 is 24.2 Å². The van der Waals surface area contributed by atoms with Crippen LogP contribution in [0.3, 0.4) is 0 Å². The van der Waals surface area contributed by atoms with Gasteiger partial charge < -0.3 is 20.6 Å². The van der Waals surface area contributed by atoms with Gasteiger partial charge in [0.05, 0.1) is 12.2 Å². The van der Waals surface area contributed by atoms with E-state index in [9.17, 15) is 20.1 Å². The molecule has 0 bridgehead atoms. The Morgan fingerprint density at radius 1 is 1.27 bits per heavy atom. The normalized spacial score (nSPS) is 17.3. The Labute approximate surface area is 90.1 Å². The number of rotatable bonds is 6. The maximum atomic E-state index is 11.3. The zero-order chi connectivity index (χ0) is 12.0. The van der Waals surface area contributed by atoms with Gasteiger partial charge >= 0.3 is 0 Å². The molecule has 5 nitrogen and oxygen atoms in total. The first-order valence-corrected chi connectivity index (χ1v) is 5.22. The molecule has 0 aliphatic carbocycles. The van der Waals surface area contributed by atoms with Gasteiger partial charge in [-0.25, -0.2) is 0 Å². The number of aliphatic hydroxyl groups is 3. The Bertz CT molecular complexity index is 196. The Balaban J connectivity index is 3.99. The van der Waals surface area contributed by atoms with Crippen molar-refractivity contribution in [2.45, 2.75) is 45.5 Å². The van der Waals surface area contributed by atoms with Gasteiger partial charge in [-0.1, -0.05) is 20.8 Å². The lowest BCUT2D eigenvalue weighted by molar-refractivity contribution is -0.137. The van der Waals surface area contributed by atoms with Crippen LogP contribution in [0, 0.1) is 5.92 Å². The lowest BCUT2D eigenvalue weighted by Crippen LogP contribution is -2.46. The zero-order valence-corrected chi connectivity index (χ0v) is 9.47. The lowest BCUT2D eigenvalue weighted by Gasteiger charge is -2.20. The molecule has 5 heteroatoms. The molecule has 0 rings (SSSR count). The summed E-state index contributed by atoms with van der Waals surface area (Å²) in [6, 6.07) is 0. The highest BCUT2D eigenvalue weighted by Crippen LogP contribution is 2.06.